The summed E-state index contributed by atoms with van der Waals surface area (Å²) in [7, 11) is 0. The first kappa shape index (κ1) is 33.9. The number of rotatable bonds is 5. The molecule has 0 radical (unpaired) electrons. The van der Waals surface area contributed by atoms with Crippen LogP contribution in [0.3, 0.4) is 0 Å². The number of hydrogen-bond acceptors (Lipinski definition) is 4. The average molecular weight is 737 g/mol. The van der Waals surface area contributed by atoms with Crippen LogP contribution in [0.2, 0.25) is 0 Å². The van der Waals surface area contributed by atoms with E-state index in [1.165, 1.54) is 0 Å². The number of nitrogens with zero attached hydrogens (tertiary/aromatic N) is 6. The Hall–Kier alpha value is -8.68. The highest BCUT2D eigenvalue weighted by Gasteiger charge is 2.24. The molecular weight excluding hydrogens is 709 g/mol. The fourth-order valence-electron chi connectivity index (χ4n) is 8.53. The van der Waals surface area contributed by atoms with Crippen molar-refractivity contribution in [1.82, 2.24) is 9.13 Å². The van der Waals surface area contributed by atoms with Crippen molar-refractivity contribution in [3.8, 4) is 69.0 Å². The van der Waals surface area contributed by atoms with Gasteiger partial charge in [0.15, 0.2) is 0 Å². The summed E-state index contributed by atoms with van der Waals surface area (Å²) in [4.78, 5) is 0. The number of nitriles is 4. The summed E-state index contributed by atoms with van der Waals surface area (Å²) in [6, 6.07) is 65.3. The van der Waals surface area contributed by atoms with Gasteiger partial charge < -0.3 is 9.13 Å². The third-order valence-corrected chi connectivity index (χ3v) is 11.1. The Morgan fingerprint density at radius 3 is 1.29 bits per heavy atom. The smallest absolute Gasteiger partial charge is 0.0998 e. The van der Waals surface area contributed by atoms with Gasteiger partial charge in [0.25, 0.3) is 0 Å². The van der Waals surface area contributed by atoms with E-state index >= 15 is 0 Å². The number of aromatic nitrogens is 2. The van der Waals surface area contributed by atoms with E-state index in [2.05, 4.69) is 94.1 Å². The SMILES string of the molecule is N#Cc1cccc(-c2c(-n3c4ccccc4c4ccc(-c5ccccc5C#N)cc43)cc(C#N)cc2-n2c3ccccc3c3ccc(-c4ccccc4C#N)cc32)c1. The third kappa shape index (κ3) is 5.23. The standard InChI is InChI=1S/C52H28N6/c53-29-33-10-9-13-37(24-33)52-50(57-46-18-7-5-16-42(46)44-22-20-35(27-48(44)57)40-14-3-1-11-38(40)31-55)25-34(30-54)26-51(52)58-47-19-8-6-17-43(47)45-23-21-36(28-49(45)58)41-15-4-2-12-39(41)32-56/h1-28H. The number of fused-ring (bicyclic) bond motifs is 6. The summed E-state index contributed by atoms with van der Waals surface area (Å²) in [6.07, 6.45) is 0. The van der Waals surface area contributed by atoms with Crippen molar-refractivity contribution < 1.29 is 0 Å². The van der Waals surface area contributed by atoms with Crippen molar-refractivity contribution in [2.24, 2.45) is 0 Å². The van der Waals surface area contributed by atoms with Gasteiger partial charge in [-0.15, -0.1) is 0 Å². The predicted molar refractivity (Wildman–Crippen MR) is 230 cm³/mol. The van der Waals surface area contributed by atoms with Crippen LogP contribution in [0.4, 0.5) is 0 Å². The zero-order valence-electron chi connectivity index (χ0n) is 30.8. The number of hydrogen-bond donors (Lipinski definition) is 0. The Balaban J connectivity index is 1.38. The van der Waals surface area contributed by atoms with Gasteiger partial charge in [0, 0.05) is 27.1 Å². The fraction of sp³-hybridized carbons (Fsp3) is 0. The maximum atomic E-state index is 10.8. The van der Waals surface area contributed by atoms with Gasteiger partial charge in [-0.1, -0.05) is 109 Å². The van der Waals surface area contributed by atoms with E-state index in [0.29, 0.717) is 22.3 Å². The first-order valence-corrected chi connectivity index (χ1v) is 18.7. The Labute approximate surface area is 333 Å². The summed E-state index contributed by atoms with van der Waals surface area (Å²) in [6.45, 7) is 0. The van der Waals surface area contributed by atoms with Crippen molar-refractivity contribution in [1.29, 1.82) is 21.0 Å². The van der Waals surface area contributed by atoms with Crippen LogP contribution in [0.5, 0.6) is 0 Å². The van der Waals surface area contributed by atoms with Crippen molar-refractivity contribution in [2.45, 2.75) is 0 Å². The van der Waals surface area contributed by atoms with Crippen LogP contribution in [-0.4, -0.2) is 9.13 Å². The first-order chi connectivity index (χ1) is 28.6. The molecule has 0 amide bonds. The maximum absolute atomic E-state index is 10.8. The van der Waals surface area contributed by atoms with Gasteiger partial charge in [0.2, 0.25) is 0 Å². The molecular formula is C52H28N6. The molecule has 0 unspecified atom stereocenters. The van der Waals surface area contributed by atoms with Crippen molar-refractivity contribution >= 4 is 43.6 Å². The molecule has 2 aromatic heterocycles. The quantitative estimate of drug-likeness (QED) is 0.175. The molecule has 0 atom stereocenters. The molecule has 8 aromatic carbocycles. The fourth-order valence-corrected chi connectivity index (χ4v) is 8.53. The van der Waals surface area contributed by atoms with Gasteiger partial charge >= 0.3 is 0 Å². The zero-order valence-corrected chi connectivity index (χ0v) is 30.8. The van der Waals surface area contributed by atoms with Gasteiger partial charge in [-0.2, -0.15) is 21.0 Å². The molecule has 0 fully saturated rings. The van der Waals surface area contributed by atoms with Gasteiger partial charge in [0.05, 0.1) is 80.0 Å². The lowest BCUT2D eigenvalue weighted by Crippen LogP contribution is -2.05. The van der Waals surface area contributed by atoms with E-state index < -0.39 is 0 Å². The third-order valence-electron chi connectivity index (χ3n) is 11.1. The zero-order chi connectivity index (χ0) is 39.3. The lowest BCUT2D eigenvalue weighted by molar-refractivity contribution is 1.13. The second kappa shape index (κ2) is 13.6. The number of benzene rings is 8. The van der Waals surface area contributed by atoms with E-state index in [0.717, 1.165) is 88.4 Å². The van der Waals surface area contributed by atoms with Gasteiger partial charge in [-0.05, 0) is 88.5 Å². The largest absolute Gasteiger partial charge is 0.308 e. The van der Waals surface area contributed by atoms with Crippen molar-refractivity contribution in [2.75, 3.05) is 0 Å². The van der Waals surface area contributed by atoms with Crippen LogP contribution in [0.25, 0.3) is 88.4 Å². The highest BCUT2D eigenvalue weighted by molar-refractivity contribution is 6.13. The van der Waals surface area contributed by atoms with Crippen molar-refractivity contribution in [3.63, 3.8) is 0 Å². The monoisotopic (exact) mass is 736 g/mol. The second-order valence-electron chi connectivity index (χ2n) is 14.2. The lowest BCUT2D eigenvalue weighted by atomic mass is 9.96. The minimum Gasteiger partial charge on any atom is -0.308 e. The molecule has 0 saturated carbocycles. The minimum atomic E-state index is 0.457. The average Bonchev–Trinajstić information content (AvgIpc) is 3.80. The minimum absolute atomic E-state index is 0.457. The van der Waals surface area contributed by atoms with Crippen LogP contribution < -0.4 is 0 Å². The van der Waals surface area contributed by atoms with Crippen molar-refractivity contribution in [3.05, 3.63) is 192 Å². The van der Waals surface area contributed by atoms with Crippen LogP contribution in [0.1, 0.15) is 22.3 Å². The molecule has 0 spiro atoms. The molecule has 0 bridgehead atoms. The molecule has 0 saturated heterocycles. The summed E-state index contributed by atoms with van der Waals surface area (Å²) < 4.78 is 4.43. The molecule has 6 heteroatoms. The normalized spacial score (nSPS) is 11.0. The van der Waals surface area contributed by atoms with Crippen LogP contribution in [-0.2, 0) is 0 Å². The van der Waals surface area contributed by atoms with E-state index in [-0.39, 0.29) is 0 Å². The summed E-state index contributed by atoms with van der Waals surface area (Å²) in [5, 5.41) is 45.2. The van der Waals surface area contributed by atoms with Gasteiger partial charge in [0.1, 0.15) is 0 Å². The second-order valence-corrected chi connectivity index (χ2v) is 14.2. The Bertz CT molecular complexity index is 3320. The molecule has 0 aliphatic rings. The first-order valence-electron chi connectivity index (χ1n) is 18.7. The number of para-hydroxylation sites is 2. The molecule has 6 nitrogen and oxygen atoms in total. The van der Waals surface area contributed by atoms with Crippen LogP contribution >= 0.6 is 0 Å². The van der Waals surface area contributed by atoms with E-state index in [1.54, 1.807) is 6.07 Å². The molecule has 2 heterocycles. The molecule has 0 aliphatic heterocycles. The summed E-state index contributed by atoms with van der Waals surface area (Å²) >= 11 is 0. The highest BCUT2D eigenvalue weighted by atomic mass is 15.0. The van der Waals surface area contributed by atoms with E-state index in [4.69, 9.17) is 0 Å². The lowest BCUT2D eigenvalue weighted by Gasteiger charge is -2.21. The maximum Gasteiger partial charge on any atom is 0.0998 e. The van der Waals surface area contributed by atoms with Gasteiger partial charge in [-0.25, -0.2) is 0 Å². The predicted octanol–water partition coefficient (Wildman–Crippen LogP) is 12.4. The highest BCUT2D eigenvalue weighted by Crippen LogP contribution is 2.44. The van der Waals surface area contributed by atoms with Crippen LogP contribution in [0.15, 0.2) is 170 Å². The topological polar surface area (TPSA) is 105 Å². The summed E-state index contributed by atoms with van der Waals surface area (Å²) in [5.41, 5.74) is 12.4. The molecule has 10 rings (SSSR count). The van der Waals surface area contributed by atoms with E-state index in [9.17, 15) is 21.0 Å². The molecule has 58 heavy (non-hydrogen) atoms. The molecule has 266 valence electrons. The molecule has 0 aliphatic carbocycles. The molecule has 10 aromatic rings. The Morgan fingerprint density at radius 2 is 0.793 bits per heavy atom. The van der Waals surface area contributed by atoms with Gasteiger partial charge in [-0.3, -0.25) is 0 Å². The Kier molecular flexibility index (Phi) is 7.92. The Morgan fingerprint density at radius 1 is 0.328 bits per heavy atom. The molecule has 0 N–H and O–H groups in total. The van der Waals surface area contributed by atoms with Crippen LogP contribution in [0, 0.1) is 45.3 Å². The summed E-state index contributed by atoms with van der Waals surface area (Å²) in [5.74, 6) is 0. The van der Waals surface area contributed by atoms with E-state index in [1.807, 2.05) is 103 Å².